The maximum atomic E-state index is 12.0. The summed E-state index contributed by atoms with van der Waals surface area (Å²) in [4.78, 5) is 18.5. The second kappa shape index (κ2) is 5.72. The minimum absolute atomic E-state index is 0.0491. The fourth-order valence-corrected chi connectivity index (χ4v) is 2.54. The van der Waals surface area contributed by atoms with Crippen molar-refractivity contribution in [2.45, 2.75) is 6.54 Å². The smallest absolute Gasteiger partial charge is 0.282 e. The first-order valence-corrected chi connectivity index (χ1v) is 6.37. The van der Waals surface area contributed by atoms with Crippen molar-refractivity contribution < 1.29 is 9.63 Å². The van der Waals surface area contributed by atoms with Crippen molar-refractivity contribution in [1.82, 2.24) is 4.90 Å². The van der Waals surface area contributed by atoms with Crippen LogP contribution in [0.15, 0.2) is 35.5 Å². The molecule has 1 aromatic carbocycles. The van der Waals surface area contributed by atoms with Crippen LogP contribution in [-0.2, 0) is 16.2 Å². The molecule has 1 aromatic rings. The van der Waals surface area contributed by atoms with E-state index < -0.39 is 0 Å². The zero-order valence-corrected chi connectivity index (χ0v) is 10.4. The van der Waals surface area contributed by atoms with Gasteiger partial charge in [-0.2, -0.15) is 0 Å². The highest BCUT2D eigenvalue weighted by atomic mass is 32.2. The molecular weight excluding hydrogens is 236 g/mol. The maximum Gasteiger partial charge on any atom is 0.282 e. The van der Waals surface area contributed by atoms with Gasteiger partial charge in [-0.3, -0.25) is 4.79 Å². The van der Waals surface area contributed by atoms with Crippen LogP contribution in [0.25, 0.3) is 0 Å². The van der Waals surface area contributed by atoms with Gasteiger partial charge in [0.05, 0.1) is 0 Å². The van der Waals surface area contributed by atoms with Crippen molar-refractivity contribution in [2.75, 3.05) is 19.4 Å². The van der Waals surface area contributed by atoms with E-state index in [9.17, 15) is 4.79 Å². The van der Waals surface area contributed by atoms with Crippen LogP contribution in [0.3, 0.4) is 0 Å². The van der Waals surface area contributed by atoms with E-state index in [1.165, 1.54) is 18.9 Å². The molecule has 17 heavy (non-hydrogen) atoms. The molecule has 0 bridgehead atoms. The molecule has 1 saturated heterocycles. The highest BCUT2D eigenvalue weighted by Crippen LogP contribution is 2.17. The number of thioether (sulfide) groups is 1. The lowest BCUT2D eigenvalue weighted by molar-refractivity contribution is -0.124. The van der Waals surface area contributed by atoms with Crippen LogP contribution < -0.4 is 0 Å². The van der Waals surface area contributed by atoms with Crippen LogP contribution in [0.1, 0.15) is 5.56 Å². The molecular formula is C12H14N2O2S. The van der Waals surface area contributed by atoms with Gasteiger partial charge in [-0.25, -0.2) is 0 Å². The summed E-state index contributed by atoms with van der Waals surface area (Å²) >= 11 is 1.44. The molecule has 0 atom stereocenters. The number of carbonyl (C=O) groups excluding carboxylic acids is 1. The van der Waals surface area contributed by atoms with E-state index in [0.717, 1.165) is 17.9 Å². The van der Waals surface area contributed by atoms with Crippen molar-refractivity contribution in [1.29, 1.82) is 0 Å². The summed E-state index contributed by atoms with van der Waals surface area (Å²) in [6.45, 7) is 1.38. The average molecular weight is 250 g/mol. The molecule has 0 unspecified atom stereocenters. The molecule has 1 aliphatic heterocycles. The Kier molecular flexibility index (Phi) is 4.03. The predicted molar refractivity (Wildman–Crippen MR) is 68.8 cm³/mol. The topological polar surface area (TPSA) is 41.9 Å². The first kappa shape index (κ1) is 12.0. The van der Waals surface area contributed by atoms with E-state index >= 15 is 0 Å². The Labute approximate surface area is 105 Å². The first-order chi connectivity index (χ1) is 8.31. The van der Waals surface area contributed by atoms with Gasteiger partial charge in [0, 0.05) is 18.8 Å². The number of oxime groups is 1. The fourth-order valence-electron chi connectivity index (χ4n) is 1.65. The molecule has 90 valence electrons. The van der Waals surface area contributed by atoms with Crippen molar-refractivity contribution in [3.05, 3.63) is 35.9 Å². The molecule has 0 aliphatic carbocycles. The molecule has 0 spiro atoms. The molecule has 0 radical (unpaired) electrons. The minimum atomic E-state index is -0.0491. The molecule has 2 rings (SSSR count). The van der Waals surface area contributed by atoms with Crippen LogP contribution in [0.5, 0.6) is 0 Å². The van der Waals surface area contributed by atoms with Gasteiger partial charge in [-0.15, -0.1) is 0 Å². The average Bonchev–Trinajstić information content (AvgIpc) is 2.36. The van der Waals surface area contributed by atoms with Gasteiger partial charge in [0.1, 0.15) is 7.11 Å². The highest BCUT2D eigenvalue weighted by Gasteiger charge is 2.25. The van der Waals surface area contributed by atoms with Gasteiger partial charge >= 0.3 is 0 Å². The van der Waals surface area contributed by atoms with Gasteiger partial charge in [0.25, 0.3) is 5.91 Å². The van der Waals surface area contributed by atoms with Gasteiger partial charge in [0.2, 0.25) is 5.04 Å². The van der Waals surface area contributed by atoms with E-state index in [0.29, 0.717) is 11.6 Å². The number of benzene rings is 1. The Balaban J connectivity index is 2.06. The lowest BCUT2D eigenvalue weighted by Gasteiger charge is -2.26. The van der Waals surface area contributed by atoms with Crippen LogP contribution in [0.4, 0.5) is 0 Å². The first-order valence-electron chi connectivity index (χ1n) is 5.38. The number of amides is 1. The summed E-state index contributed by atoms with van der Waals surface area (Å²) in [6.07, 6.45) is 0. The largest absolute Gasteiger partial charge is 0.398 e. The summed E-state index contributed by atoms with van der Waals surface area (Å²) in [6, 6.07) is 9.95. The van der Waals surface area contributed by atoms with Crippen molar-refractivity contribution in [3.63, 3.8) is 0 Å². The Bertz CT molecular complexity index is 420. The summed E-state index contributed by atoms with van der Waals surface area (Å²) in [5.41, 5.74) is 1.13. The number of nitrogens with zero attached hydrogens (tertiary/aromatic N) is 2. The molecule has 1 heterocycles. The van der Waals surface area contributed by atoms with Crippen LogP contribution in [-0.4, -0.2) is 35.3 Å². The Morgan fingerprint density at radius 3 is 2.88 bits per heavy atom. The van der Waals surface area contributed by atoms with Crippen LogP contribution in [0.2, 0.25) is 0 Å². The van der Waals surface area contributed by atoms with Gasteiger partial charge < -0.3 is 9.74 Å². The van der Waals surface area contributed by atoms with Crippen molar-refractivity contribution in [3.8, 4) is 0 Å². The molecule has 1 amide bonds. The standard InChI is InChI=1S/C12H14N2O2S/c1-16-13-11-12(15)14(7-8-17-11)9-10-5-3-2-4-6-10/h2-6H,7-9H2,1H3/b13-11+. The summed E-state index contributed by atoms with van der Waals surface area (Å²) in [5.74, 6) is 0.813. The molecule has 0 N–H and O–H groups in total. The zero-order chi connectivity index (χ0) is 12.1. The normalized spacial score (nSPS) is 18.5. The quantitative estimate of drug-likeness (QED) is 0.767. The van der Waals surface area contributed by atoms with E-state index in [1.54, 1.807) is 4.90 Å². The molecule has 0 saturated carbocycles. The van der Waals surface area contributed by atoms with E-state index in [2.05, 4.69) is 9.99 Å². The number of carbonyl (C=O) groups is 1. The predicted octanol–water partition coefficient (Wildman–Crippen LogP) is 1.72. The number of hydrogen-bond donors (Lipinski definition) is 0. The fraction of sp³-hybridized carbons (Fsp3) is 0.333. The van der Waals surface area contributed by atoms with E-state index in [-0.39, 0.29) is 5.91 Å². The maximum absolute atomic E-state index is 12.0. The Morgan fingerprint density at radius 2 is 2.18 bits per heavy atom. The molecule has 4 nitrogen and oxygen atoms in total. The van der Waals surface area contributed by atoms with Crippen LogP contribution >= 0.6 is 11.8 Å². The highest BCUT2D eigenvalue weighted by molar-refractivity contribution is 8.15. The second-order valence-corrected chi connectivity index (χ2v) is 4.72. The Morgan fingerprint density at radius 1 is 1.41 bits per heavy atom. The monoisotopic (exact) mass is 250 g/mol. The molecule has 5 heteroatoms. The lowest BCUT2D eigenvalue weighted by atomic mass is 10.2. The third kappa shape index (κ3) is 3.00. The van der Waals surface area contributed by atoms with Gasteiger partial charge in [0.15, 0.2) is 0 Å². The summed E-state index contributed by atoms with van der Waals surface area (Å²) in [7, 11) is 1.46. The zero-order valence-electron chi connectivity index (χ0n) is 9.63. The van der Waals surface area contributed by atoms with Crippen molar-refractivity contribution in [2.24, 2.45) is 5.16 Å². The second-order valence-electron chi connectivity index (χ2n) is 3.64. The third-order valence-electron chi connectivity index (χ3n) is 2.46. The van der Waals surface area contributed by atoms with Gasteiger partial charge in [-0.1, -0.05) is 47.2 Å². The summed E-state index contributed by atoms with van der Waals surface area (Å²) in [5, 5.41) is 4.18. The summed E-state index contributed by atoms with van der Waals surface area (Å²) < 4.78 is 0. The van der Waals surface area contributed by atoms with E-state index in [1.807, 2.05) is 30.3 Å². The van der Waals surface area contributed by atoms with Crippen LogP contribution in [0, 0.1) is 0 Å². The lowest BCUT2D eigenvalue weighted by Crippen LogP contribution is -2.40. The minimum Gasteiger partial charge on any atom is -0.398 e. The molecule has 1 fully saturated rings. The SMILES string of the molecule is CO/N=C1/SCCN(Cc2ccccc2)C1=O. The molecule has 1 aliphatic rings. The third-order valence-corrected chi connectivity index (χ3v) is 3.37. The van der Waals surface area contributed by atoms with Crippen molar-refractivity contribution >= 4 is 22.7 Å². The Hall–Kier alpha value is -1.49. The number of rotatable bonds is 3. The molecule has 0 aromatic heterocycles. The number of hydrogen-bond acceptors (Lipinski definition) is 4. The van der Waals surface area contributed by atoms with Gasteiger partial charge in [-0.05, 0) is 5.56 Å². The van der Waals surface area contributed by atoms with E-state index in [4.69, 9.17) is 0 Å².